The third-order valence-corrected chi connectivity index (χ3v) is 13.5. The predicted molar refractivity (Wildman–Crippen MR) is 277 cm³/mol. The molecule has 0 heterocycles. The van der Waals surface area contributed by atoms with Crippen LogP contribution >= 0.6 is 0 Å². The van der Waals surface area contributed by atoms with Crippen molar-refractivity contribution in [1.29, 1.82) is 0 Å². The van der Waals surface area contributed by atoms with Crippen molar-refractivity contribution in [2.45, 2.75) is 237 Å². The van der Waals surface area contributed by atoms with E-state index in [1.807, 2.05) is 115 Å². The van der Waals surface area contributed by atoms with Crippen molar-refractivity contribution in [1.82, 2.24) is 0 Å². The lowest BCUT2D eigenvalue weighted by Gasteiger charge is -2.49. The zero-order valence-corrected chi connectivity index (χ0v) is 38.5. The summed E-state index contributed by atoms with van der Waals surface area (Å²) < 4.78 is 0. The van der Waals surface area contributed by atoms with Gasteiger partial charge in [-0.05, 0) is 127 Å². The molecular formula is C56H126. The minimum atomic E-state index is 0. The molecule has 6 aliphatic rings. The molecule has 0 saturated heterocycles. The molecule has 12 atom stereocenters. The predicted octanol–water partition coefficient (Wildman–Crippen LogP) is 21.3. The smallest absolute Gasteiger partial charge is 0.0321 e. The largest absolute Gasteiger partial charge is 0.0776 e. The minimum absolute atomic E-state index is 0. The molecule has 1 aromatic carbocycles. The Labute approximate surface area is 366 Å². The number of hydrogen-bond acceptors (Lipinski definition) is 0. The number of hydrogen-bond donors (Lipinski definition) is 0. The van der Waals surface area contributed by atoms with Gasteiger partial charge in [-0.1, -0.05) is 240 Å². The lowest BCUT2D eigenvalue weighted by atomic mass is 9.56. The quantitative estimate of drug-likeness (QED) is 0.245. The Balaban J connectivity index is -0.0000000595. The molecule has 6 aliphatic carbocycles. The van der Waals surface area contributed by atoms with E-state index in [9.17, 15) is 0 Å². The molecule has 0 spiro atoms. The molecule has 0 N–H and O–H groups in total. The molecule has 1 unspecified atom stereocenters. The first-order valence-corrected chi connectivity index (χ1v) is 22.6. The van der Waals surface area contributed by atoms with Crippen molar-refractivity contribution in [3.63, 3.8) is 0 Å². The summed E-state index contributed by atoms with van der Waals surface area (Å²) in [5.41, 5.74) is 1.32. The van der Waals surface area contributed by atoms with E-state index in [-0.39, 0.29) is 52.0 Å². The van der Waals surface area contributed by atoms with Crippen molar-refractivity contribution < 1.29 is 0 Å². The van der Waals surface area contributed by atoms with Crippen LogP contribution in [0.3, 0.4) is 0 Å². The summed E-state index contributed by atoms with van der Waals surface area (Å²) in [4.78, 5) is 0. The Hall–Kier alpha value is -0.780. The van der Waals surface area contributed by atoms with Crippen molar-refractivity contribution in [3.8, 4) is 0 Å². The second kappa shape index (κ2) is 43.8. The molecule has 0 bridgehead atoms. The lowest BCUT2D eigenvalue weighted by molar-refractivity contribution is -0.0149. The highest BCUT2D eigenvalue weighted by Gasteiger charge is 2.63. The SMILES string of the molecule is C.C.C.C.C.C.C.CC.CC.CC.CC.CC.CC.CC.C[C@@H]1CC2C(C3C[C@@H](C)[C@@H](C)C23)[C@@H]1C.C[C@@H]1[C@@H]2[C@H]3C(C[C@@H](C)[C@H]3C)[C@@H]2C[C@@H]1C.Cc1ccccc1. The summed E-state index contributed by atoms with van der Waals surface area (Å²) in [5.74, 6) is 17.2. The van der Waals surface area contributed by atoms with E-state index in [4.69, 9.17) is 0 Å². The number of benzene rings is 1. The molecular weight excluding hydrogens is 673 g/mol. The maximum Gasteiger partial charge on any atom is -0.0321 e. The topological polar surface area (TPSA) is 0 Å². The van der Waals surface area contributed by atoms with Gasteiger partial charge in [-0.15, -0.1) is 0 Å². The van der Waals surface area contributed by atoms with E-state index in [0.29, 0.717) is 0 Å². The molecule has 6 fully saturated rings. The first-order valence-electron chi connectivity index (χ1n) is 22.6. The zero-order chi connectivity index (χ0) is 39.2. The Morgan fingerprint density at radius 3 is 0.696 bits per heavy atom. The van der Waals surface area contributed by atoms with Gasteiger partial charge in [-0.2, -0.15) is 0 Å². The van der Waals surface area contributed by atoms with Crippen LogP contribution in [0.25, 0.3) is 0 Å². The normalized spacial score (nSPS) is 34.8. The summed E-state index contributed by atoms with van der Waals surface area (Å²) in [6.45, 7) is 50.1. The Morgan fingerprint density at radius 2 is 0.500 bits per heavy atom. The monoisotopic (exact) mass is 799 g/mol. The summed E-state index contributed by atoms with van der Waals surface area (Å²) >= 11 is 0. The maximum absolute atomic E-state index is 2.52. The summed E-state index contributed by atoms with van der Waals surface area (Å²) in [6, 6.07) is 10.3. The molecule has 0 nitrogen and oxygen atoms in total. The highest BCUT2D eigenvalue weighted by molar-refractivity contribution is 5.12. The van der Waals surface area contributed by atoms with Gasteiger partial charge in [0, 0.05) is 0 Å². The van der Waals surface area contributed by atoms with E-state index in [2.05, 4.69) is 74.4 Å². The van der Waals surface area contributed by atoms with Crippen LogP contribution in [0.5, 0.6) is 0 Å². The molecule has 0 radical (unpaired) electrons. The van der Waals surface area contributed by atoms with Gasteiger partial charge in [-0.3, -0.25) is 0 Å². The van der Waals surface area contributed by atoms with E-state index < -0.39 is 0 Å². The van der Waals surface area contributed by atoms with E-state index in [1.165, 1.54) is 5.56 Å². The molecule has 0 amide bonds. The van der Waals surface area contributed by atoms with Gasteiger partial charge >= 0.3 is 0 Å². The average molecular weight is 800 g/mol. The van der Waals surface area contributed by atoms with Gasteiger partial charge < -0.3 is 0 Å². The first kappa shape index (κ1) is 79.4. The second-order valence-electron chi connectivity index (χ2n) is 14.9. The molecule has 0 aromatic heterocycles. The highest BCUT2D eigenvalue weighted by atomic mass is 14.7. The second-order valence-corrected chi connectivity index (χ2v) is 14.9. The molecule has 56 heavy (non-hydrogen) atoms. The molecule has 0 heteroatoms. The van der Waals surface area contributed by atoms with Crippen LogP contribution in [-0.2, 0) is 0 Å². The van der Waals surface area contributed by atoms with E-state index in [1.54, 1.807) is 25.7 Å². The molecule has 350 valence electrons. The van der Waals surface area contributed by atoms with Crippen LogP contribution in [0.1, 0.15) is 236 Å². The molecule has 7 rings (SSSR count). The van der Waals surface area contributed by atoms with Crippen molar-refractivity contribution in [3.05, 3.63) is 35.9 Å². The summed E-state index contributed by atoms with van der Waals surface area (Å²) in [5, 5.41) is 0. The maximum atomic E-state index is 2.52. The third kappa shape index (κ3) is 19.1. The van der Waals surface area contributed by atoms with Crippen LogP contribution in [-0.4, -0.2) is 0 Å². The Kier molecular flexibility index (Phi) is 62.1. The first-order chi connectivity index (χ1) is 23.6. The van der Waals surface area contributed by atoms with Gasteiger partial charge in [0.1, 0.15) is 0 Å². The van der Waals surface area contributed by atoms with Gasteiger partial charge in [0.05, 0.1) is 0 Å². The van der Waals surface area contributed by atoms with E-state index in [0.717, 1.165) is 94.7 Å². The van der Waals surface area contributed by atoms with Crippen LogP contribution in [0.2, 0.25) is 0 Å². The molecule has 0 aliphatic heterocycles. The van der Waals surface area contributed by atoms with Crippen molar-refractivity contribution in [2.75, 3.05) is 0 Å². The number of rotatable bonds is 0. The van der Waals surface area contributed by atoms with Gasteiger partial charge in [-0.25, -0.2) is 0 Å². The minimum Gasteiger partial charge on any atom is -0.0776 e. The number of aryl methyl sites for hydroxylation is 1. The summed E-state index contributed by atoms with van der Waals surface area (Å²) in [6.07, 6.45) is 6.19. The van der Waals surface area contributed by atoms with Crippen molar-refractivity contribution in [2.24, 2.45) is 94.7 Å². The highest BCUT2D eigenvalue weighted by Crippen LogP contribution is 2.68. The van der Waals surface area contributed by atoms with Gasteiger partial charge in [0.2, 0.25) is 0 Å². The molecule has 6 saturated carbocycles. The van der Waals surface area contributed by atoms with Crippen LogP contribution in [0, 0.1) is 102 Å². The Morgan fingerprint density at radius 1 is 0.304 bits per heavy atom. The third-order valence-electron chi connectivity index (χ3n) is 13.5. The zero-order valence-electron chi connectivity index (χ0n) is 38.5. The van der Waals surface area contributed by atoms with Crippen LogP contribution in [0.4, 0.5) is 0 Å². The Bertz CT molecular complexity index is 781. The lowest BCUT2D eigenvalue weighted by Crippen LogP contribution is -2.44. The van der Waals surface area contributed by atoms with Gasteiger partial charge in [0.15, 0.2) is 0 Å². The fraction of sp³-hybridized carbons (Fsp3) is 0.893. The fourth-order valence-corrected chi connectivity index (χ4v) is 11.0. The summed E-state index contributed by atoms with van der Waals surface area (Å²) in [7, 11) is 0. The fourth-order valence-electron chi connectivity index (χ4n) is 11.0. The standard InChI is InChI=1S/2C14H24.C7H8.7C2H6.7CH4/c1-7-5-11-13(9(7)3)12-6-8(2)10(4)14(11)12;1-7-5-11-12-6-8(2)10(4)14(12)13(11)9(7)3;1-7-5-3-2-4-6-7;7*1-2;;;;;;;/h2*7-14H,5-6H2,1-4H3;2-6H,1H3;7*1-2H3;7*1H4/t7-,8-,9-,10-,11?,12?,13?,14?;7-,8+,9-,10+,11-,12?,13-,14+;;;;;;;;;;;;;;;/m10.............../s1. The van der Waals surface area contributed by atoms with Crippen LogP contribution in [0.15, 0.2) is 30.3 Å². The average Bonchev–Trinajstić information content (AvgIpc) is 3.75. The van der Waals surface area contributed by atoms with Crippen LogP contribution < -0.4 is 0 Å². The number of fused-ring (bicyclic) bond motifs is 8. The van der Waals surface area contributed by atoms with Crippen molar-refractivity contribution >= 4 is 0 Å². The van der Waals surface area contributed by atoms with Gasteiger partial charge in [0.25, 0.3) is 0 Å². The molecule has 1 aromatic rings. The van der Waals surface area contributed by atoms with E-state index >= 15 is 0 Å².